The molecule has 1 aromatic heterocycles. The average Bonchev–Trinajstić information content (AvgIpc) is 3.17. The summed E-state index contributed by atoms with van der Waals surface area (Å²) in [6.07, 6.45) is 0. The zero-order valence-corrected chi connectivity index (χ0v) is 17.8. The largest absolute Gasteiger partial charge is 0.461 e. The van der Waals surface area contributed by atoms with Gasteiger partial charge in [0.05, 0.1) is 35.3 Å². The predicted molar refractivity (Wildman–Crippen MR) is 107 cm³/mol. The Morgan fingerprint density at radius 3 is 2.76 bits per heavy atom. The Bertz CT molecular complexity index is 1020. The molecule has 1 N–H and O–H groups in total. The van der Waals surface area contributed by atoms with E-state index in [2.05, 4.69) is 10.3 Å². The van der Waals surface area contributed by atoms with Gasteiger partial charge in [0.25, 0.3) is 5.91 Å². The van der Waals surface area contributed by atoms with Gasteiger partial charge in [0.15, 0.2) is 10.8 Å². The molecule has 2 heterocycles. The minimum absolute atomic E-state index is 0.0196. The number of esters is 1. The molecule has 0 radical (unpaired) electrons. The Morgan fingerprint density at radius 2 is 2.07 bits per heavy atom. The SMILES string of the molecule is CCOC(=O)c1csc(NC(=O)c2cc(S(=O)(=O)N3CCOCC3)ccc2Cl)n1. The number of carbonyl (C=O) groups is 2. The van der Waals surface area contributed by atoms with E-state index in [4.69, 9.17) is 21.1 Å². The lowest BCUT2D eigenvalue weighted by Crippen LogP contribution is -2.40. The van der Waals surface area contributed by atoms with Gasteiger partial charge < -0.3 is 9.47 Å². The number of halogens is 1. The quantitative estimate of drug-likeness (QED) is 0.658. The van der Waals surface area contributed by atoms with Gasteiger partial charge >= 0.3 is 5.97 Å². The third-order valence-electron chi connectivity index (χ3n) is 4.00. The fourth-order valence-electron chi connectivity index (χ4n) is 2.57. The molecule has 0 unspecified atom stereocenters. The molecule has 0 saturated carbocycles. The first kappa shape index (κ1) is 21.7. The van der Waals surface area contributed by atoms with E-state index in [-0.39, 0.29) is 46.0 Å². The van der Waals surface area contributed by atoms with Crippen LogP contribution in [0.4, 0.5) is 5.13 Å². The van der Waals surface area contributed by atoms with Crippen LogP contribution >= 0.6 is 22.9 Å². The van der Waals surface area contributed by atoms with Gasteiger partial charge in [-0.2, -0.15) is 4.31 Å². The predicted octanol–water partition coefficient (Wildman–Crippen LogP) is 2.25. The van der Waals surface area contributed by atoms with Crippen LogP contribution in [0.15, 0.2) is 28.5 Å². The maximum absolute atomic E-state index is 12.8. The van der Waals surface area contributed by atoms with Crippen LogP contribution in [0.2, 0.25) is 5.02 Å². The summed E-state index contributed by atoms with van der Waals surface area (Å²) in [7, 11) is -3.78. The fourth-order valence-corrected chi connectivity index (χ4v) is 4.88. The molecule has 156 valence electrons. The molecule has 12 heteroatoms. The molecule has 0 bridgehead atoms. The van der Waals surface area contributed by atoms with Gasteiger partial charge in [-0.05, 0) is 25.1 Å². The van der Waals surface area contributed by atoms with Crippen molar-refractivity contribution in [2.24, 2.45) is 0 Å². The third-order valence-corrected chi connectivity index (χ3v) is 6.98. The number of nitrogens with one attached hydrogen (secondary N) is 1. The van der Waals surface area contributed by atoms with Crippen molar-refractivity contribution in [3.8, 4) is 0 Å². The molecule has 9 nitrogen and oxygen atoms in total. The van der Waals surface area contributed by atoms with Crippen molar-refractivity contribution in [1.29, 1.82) is 0 Å². The Morgan fingerprint density at radius 1 is 1.34 bits per heavy atom. The van der Waals surface area contributed by atoms with Crippen molar-refractivity contribution < 1.29 is 27.5 Å². The van der Waals surface area contributed by atoms with Crippen molar-refractivity contribution in [2.45, 2.75) is 11.8 Å². The third kappa shape index (κ3) is 4.93. The molecule has 1 saturated heterocycles. The molecule has 1 fully saturated rings. The summed E-state index contributed by atoms with van der Waals surface area (Å²) < 4.78 is 36.9. The lowest BCUT2D eigenvalue weighted by Gasteiger charge is -2.26. The van der Waals surface area contributed by atoms with Gasteiger partial charge in [-0.25, -0.2) is 18.2 Å². The molecule has 0 spiro atoms. The van der Waals surface area contributed by atoms with Gasteiger partial charge in [0.1, 0.15) is 0 Å². The molecule has 2 aromatic rings. The number of rotatable bonds is 6. The second-order valence-electron chi connectivity index (χ2n) is 5.87. The summed E-state index contributed by atoms with van der Waals surface area (Å²) in [4.78, 5) is 28.3. The summed E-state index contributed by atoms with van der Waals surface area (Å²) in [6, 6.07) is 3.93. The van der Waals surface area contributed by atoms with Crippen molar-refractivity contribution in [3.05, 3.63) is 39.9 Å². The number of ether oxygens (including phenoxy) is 2. The monoisotopic (exact) mass is 459 g/mol. The van der Waals surface area contributed by atoms with Crippen LogP contribution in [0, 0.1) is 0 Å². The molecular formula is C17H18ClN3O6S2. The zero-order valence-electron chi connectivity index (χ0n) is 15.4. The average molecular weight is 460 g/mol. The Kier molecular flexibility index (Phi) is 6.85. The summed E-state index contributed by atoms with van der Waals surface area (Å²) in [5.41, 5.74) is 0.0516. The minimum atomic E-state index is -3.78. The number of benzene rings is 1. The van der Waals surface area contributed by atoms with Gasteiger partial charge in [-0.15, -0.1) is 11.3 Å². The maximum atomic E-state index is 12.8. The molecule has 3 rings (SSSR count). The van der Waals surface area contributed by atoms with E-state index in [1.165, 1.54) is 27.9 Å². The number of hydrogen-bond acceptors (Lipinski definition) is 8. The second kappa shape index (κ2) is 9.18. The van der Waals surface area contributed by atoms with Crippen molar-refractivity contribution in [2.75, 3.05) is 38.2 Å². The van der Waals surface area contributed by atoms with Gasteiger partial charge in [0.2, 0.25) is 10.0 Å². The summed E-state index contributed by atoms with van der Waals surface area (Å²) in [5.74, 6) is -1.24. The summed E-state index contributed by atoms with van der Waals surface area (Å²) in [6.45, 7) is 2.98. The highest BCUT2D eigenvalue weighted by Crippen LogP contribution is 2.25. The second-order valence-corrected chi connectivity index (χ2v) is 9.07. The number of carbonyl (C=O) groups excluding carboxylic acids is 2. The first-order chi connectivity index (χ1) is 13.8. The van der Waals surface area contributed by atoms with Crippen molar-refractivity contribution in [1.82, 2.24) is 9.29 Å². The highest BCUT2D eigenvalue weighted by molar-refractivity contribution is 7.89. The van der Waals surface area contributed by atoms with Crippen LogP contribution in [0.5, 0.6) is 0 Å². The first-order valence-electron chi connectivity index (χ1n) is 8.64. The van der Waals surface area contributed by atoms with Crippen LogP contribution in [0.3, 0.4) is 0 Å². The van der Waals surface area contributed by atoms with Crippen LogP contribution in [0.1, 0.15) is 27.8 Å². The highest BCUT2D eigenvalue weighted by Gasteiger charge is 2.28. The number of amides is 1. The molecular weight excluding hydrogens is 442 g/mol. The van der Waals surface area contributed by atoms with E-state index in [0.29, 0.717) is 13.2 Å². The number of thiazole rings is 1. The van der Waals surface area contributed by atoms with Crippen LogP contribution in [-0.2, 0) is 19.5 Å². The van der Waals surface area contributed by atoms with Gasteiger partial charge in [-0.3, -0.25) is 10.1 Å². The molecule has 0 aliphatic carbocycles. The lowest BCUT2D eigenvalue weighted by molar-refractivity contribution is 0.0520. The molecule has 0 atom stereocenters. The molecule has 1 amide bonds. The molecule has 29 heavy (non-hydrogen) atoms. The van der Waals surface area contributed by atoms with E-state index in [0.717, 1.165) is 11.3 Å². The topological polar surface area (TPSA) is 115 Å². The Labute approximate surface area is 176 Å². The van der Waals surface area contributed by atoms with Crippen molar-refractivity contribution in [3.63, 3.8) is 0 Å². The number of aromatic nitrogens is 1. The molecule has 1 aromatic carbocycles. The number of sulfonamides is 1. The van der Waals surface area contributed by atoms with Crippen LogP contribution in [0.25, 0.3) is 0 Å². The standard InChI is InChI=1S/C17H18ClN3O6S2/c1-2-27-16(23)14-10-28-17(19-14)20-15(22)12-9-11(3-4-13(12)18)29(24,25)21-5-7-26-8-6-21/h3-4,9-10H,2,5-8H2,1H3,(H,19,20,22). The van der Waals surface area contributed by atoms with Gasteiger partial charge in [-0.1, -0.05) is 11.6 Å². The molecule has 1 aliphatic rings. The van der Waals surface area contributed by atoms with E-state index in [1.54, 1.807) is 6.92 Å². The lowest BCUT2D eigenvalue weighted by atomic mass is 10.2. The van der Waals surface area contributed by atoms with Crippen LogP contribution in [-0.4, -0.2) is 62.5 Å². The minimum Gasteiger partial charge on any atom is -0.461 e. The summed E-state index contributed by atoms with van der Waals surface area (Å²) in [5, 5.41) is 4.23. The molecule has 1 aliphatic heterocycles. The van der Waals surface area contributed by atoms with E-state index >= 15 is 0 Å². The first-order valence-corrected chi connectivity index (χ1v) is 11.3. The van der Waals surface area contributed by atoms with E-state index in [1.807, 2.05) is 0 Å². The number of morpholine rings is 1. The zero-order chi connectivity index (χ0) is 21.0. The normalized spacial score (nSPS) is 15.1. The maximum Gasteiger partial charge on any atom is 0.357 e. The summed E-state index contributed by atoms with van der Waals surface area (Å²) >= 11 is 7.15. The number of anilines is 1. The van der Waals surface area contributed by atoms with E-state index in [9.17, 15) is 18.0 Å². The van der Waals surface area contributed by atoms with Crippen molar-refractivity contribution >= 4 is 50.0 Å². The van der Waals surface area contributed by atoms with E-state index < -0.39 is 21.9 Å². The van der Waals surface area contributed by atoms with Gasteiger partial charge in [0, 0.05) is 18.5 Å². The Hall–Kier alpha value is -2.05. The Balaban J connectivity index is 1.81. The van der Waals surface area contributed by atoms with Crippen LogP contribution < -0.4 is 5.32 Å². The number of hydrogen-bond donors (Lipinski definition) is 1. The fraction of sp³-hybridized carbons (Fsp3) is 0.353. The smallest absolute Gasteiger partial charge is 0.357 e. The highest BCUT2D eigenvalue weighted by atomic mass is 35.5. The number of nitrogens with zero attached hydrogens (tertiary/aromatic N) is 2.